The lowest BCUT2D eigenvalue weighted by molar-refractivity contribution is -0.385. The van der Waals surface area contributed by atoms with Gasteiger partial charge in [0.15, 0.2) is 11.4 Å². The van der Waals surface area contributed by atoms with Gasteiger partial charge in [-0.05, 0) is 23.3 Å². The molecule has 3 aromatic rings. The Bertz CT molecular complexity index is 1120. The fraction of sp³-hybridized carbons (Fsp3) is 0.143. The van der Waals surface area contributed by atoms with Crippen molar-refractivity contribution >= 4 is 23.6 Å². The highest BCUT2D eigenvalue weighted by Crippen LogP contribution is 2.37. The fourth-order valence-electron chi connectivity index (χ4n) is 2.33. The monoisotopic (exact) mass is 403 g/mol. The van der Waals surface area contributed by atoms with Crippen LogP contribution in [0.4, 0.5) is 11.5 Å². The van der Waals surface area contributed by atoms with E-state index in [4.69, 9.17) is 10.5 Å². The van der Waals surface area contributed by atoms with Gasteiger partial charge in [0, 0.05) is 11.6 Å². The number of aromatic hydroxyl groups is 1. The Morgan fingerprint density at radius 3 is 2.86 bits per heavy atom. The zero-order valence-corrected chi connectivity index (χ0v) is 14.9. The number of phenols is 1. The van der Waals surface area contributed by atoms with Crippen molar-refractivity contribution in [2.45, 2.75) is 6.92 Å². The summed E-state index contributed by atoms with van der Waals surface area (Å²) in [6.45, 7) is 1.55. The van der Waals surface area contributed by atoms with E-state index in [1.807, 2.05) is 0 Å². The third-order valence-electron chi connectivity index (χ3n) is 3.72. The third kappa shape index (κ3) is 3.51. The highest BCUT2D eigenvalue weighted by Gasteiger charge is 2.22. The Morgan fingerprint density at radius 2 is 2.24 bits per heavy atom. The normalized spacial score (nSPS) is 11.0. The lowest BCUT2D eigenvalue weighted by atomic mass is 10.1. The molecular formula is C14H13N9O6. The van der Waals surface area contributed by atoms with Crippen molar-refractivity contribution in [2.75, 3.05) is 12.8 Å². The van der Waals surface area contributed by atoms with Gasteiger partial charge in [-0.1, -0.05) is 5.21 Å². The molecule has 0 spiro atoms. The first-order chi connectivity index (χ1) is 13.8. The minimum absolute atomic E-state index is 0.0342. The summed E-state index contributed by atoms with van der Waals surface area (Å²) in [4.78, 5) is 22.4. The van der Waals surface area contributed by atoms with Crippen LogP contribution in [0.3, 0.4) is 0 Å². The van der Waals surface area contributed by atoms with Gasteiger partial charge >= 0.3 is 5.69 Å². The Morgan fingerprint density at radius 1 is 1.48 bits per heavy atom. The maximum absolute atomic E-state index is 12.3. The van der Waals surface area contributed by atoms with Gasteiger partial charge in [0.05, 0.1) is 23.9 Å². The van der Waals surface area contributed by atoms with Crippen molar-refractivity contribution < 1.29 is 24.2 Å². The number of methoxy groups -OCH3 is 1. The standard InChI is InChI=1S/C14H13N9O6/c1-6-9(17-21-22(6)13-12(15)19-29-20-13)14(25)18-16-5-7-3-4-8(23(26)27)10(24)11(7)28-2/h3-5,24H,1-2H3,(H2,15,19)(H,18,25)/b16-5-. The molecule has 1 amide bonds. The number of hydrogen-bond acceptors (Lipinski definition) is 12. The molecule has 15 nitrogen and oxygen atoms in total. The number of ether oxygens (including phenoxy) is 1. The average Bonchev–Trinajstić information content (AvgIpc) is 3.26. The molecule has 2 heterocycles. The van der Waals surface area contributed by atoms with E-state index in [2.05, 4.69) is 35.8 Å². The number of amides is 1. The number of carbonyl (C=O) groups is 1. The fourth-order valence-corrected chi connectivity index (χ4v) is 2.33. The molecule has 0 aliphatic rings. The van der Waals surface area contributed by atoms with E-state index in [0.29, 0.717) is 5.69 Å². The van der Waals surface area contributed by atoms with E-state index in [1.165, 1.54) is 17.9 Å². The van der Waals surface area contributed by atoms with Crippen LogP contribution in [0.15, 0.2) is 21.9 Å². The van der Waals surface area contributed by atoms with Gasteiger partial charge in [-0.15, -0.1) is 5.10 Å². The molecule has 150 valence electrons. The maximum atomic E-state index is 12.3. The van der Waals surface area contributed by atoms with Gasteiger partial charge in [0.25, 0.3) is 5.91 Å². The summed E-state index contributed by atoms with van der Waals surface area (Å²) in [5.41, 5.74) is 7.70. The van der Waals surface area contributed by atoms with Gasteiger partial charge in [-0.25, -0.2) is 10.1 Å². The largest absolute Gasteiger partial charge is 0.499 e. The molecule has 2 aromatic heterocycles. The van der Waals surface area contributed by atoms with Crippen molar-refractivity contribution in [3.63, 3.8) is 0 Å². The van der Waals surface area contributed by atoms with Gasteiger partial charge in [-0.3, -0.25) is 14.9 Å². The van der Waals surface area contributed by atoms with Gasteiger partial charge in [0.1, 0.15) is 0 Å². The van der Waals surface area contributed by atoms with Crippen molar-refractivity contribution in [2.24, 2.45) is 5.10 Å². The van der Waals surface area contributed by atoms with E-state index in [1.54, 1.807) is 6.92 Å². The van der Waals surface area contributed by atoms with Crippen molar-refractivity contribution in [3.05, 3.63) is 39.2 Å². The lowest BCUT2D eigenvalue weighted by Gasteiger charge is -2.06. The van der Waals surface area contributed by atoms with Crippen LogP contribution in [0.2, 0.25) is 0 Å². The summed E-state index contributed by atoms with van der Waals surface area (Å²) in [7, 11) is 1.22. The van der Waals surface area contributed by atoms with Gasteiger partial charge in [-0.2, -0.15) is 9.78 Å². The minimum atomic E-state index is -0.760. The smallest absolute Gasteiger partial charge is 0.314 e. The summed E-state index contributed by atoms with van der Waals surface area (Å²) in [6, 6.07) is 2.38. The summed E-state index contributed by atoms with van der Waals surface area (Å²) >= 11 is 0. The topological polar surface area (TPSA) is 210 Å². The number of carbonyl (C=O) groups excluding carboxylic acids is 1. The molecular weight excluding hydrogens is 390 g/mol. The number of nitro groups is 1. The number of hydrogen-bond donors (Lipinski definition) is 3. The number of nitrogen functional groups attached to an aromatic ring is 1. The molecule has 0 fully saturated rings. The van der Waals surface area contributed by atoms with Gasteiger partial charge < -0.3 is 15.6 Å². The molecule has 4 N–H and O–H groups in total. The molecule has 29 heavy (non-hydrogen) atoms. The maximum Gasteiger partial charge on any atom is 0.314 e. The van der Waals surface area contributed by atoms with Gasteiger partial charge in [0.2, 0.25) is 17.4 Å². The Labute approximate surface area is 160 Å². The van der Waals surface area contributed by atoms with Crippen LogP contribution in [0.25, 0.3) is 5.82 Å². The first-order valence-electron chi connectivity index (χ1n) is 7.73. The number of benzene rings is 1. The highest BCUT2D eigenvalue weighted by atomic mass is 16.6. The summed E-state index contributed by atoms with van der Waals surface area (Å²) in [5.74, 6) is -1.50. The van der Waals surface area contributed by atoms with E-state index in [-0.39, 0.29) is 28.6 Å². The molecule has 0 atom stereocenters. The molecule has 0 aliphatic heterocycles. The Kier molecular flexibility index (Phi) is 5.03. The number of nitrogens with zero attached hydrogens (tertiary/aromatic N) is 7. The van der Waals surface area contributed by atoms with Crippen LogP contribution in [0, 0.1) is 17.0 Å². The summed E-state index contributed by atoms with van der Waals surface area (Å²) in [6.07, 6.45) is 1.14. The Hall–Kier alpha value is -4.56. The van der Waals surface area contributed by atoms with E-state index in [9.17, 15) is 20.0 Å². The molecule has 3 rings (SSSR count). The number of nitro benzene ring substituents is 1. The SMILES string of the molecule is COc1c(/C=N\NC(=O)c2nnn(-c3nonc3N)c2C)ccc([N+](=O)[O-])c1O. The average molecular weight is 403 g/mol. The second kappa shape index (κ2) is 7.59. The van der Waals surface area contributed by atoms with Crippen LogP contribution in [0.1, 0.15) is 21.7 Å². The first kappa shape index (κ1) is 19.2. The van der Waals surface area contributed by atoms with Crippen LogP contribution in [0.5, 0.6) is 11.5 Å². The predicted octanol–water partition coefficient (Wildman–Crippen LogP) is -0.0728. The third-order valence-corrected chi connectivity index (χ3v) is 3.72. The number of anilines is 1. The van der Waals surface area contributed by atoms with E-state index >= 15 is 0 Å². The quantitative estimate of drug-likeness (QED) is 0.281. The zero-order valence-electron chi connectivity index (χ0n) is 14.9. The molecule has 0 bridgehead atoms. The summed E-state index contributed by atoms with van der Waals surface area (Å²) in [5, 5.41) is 39.0. The molecule has 0 saturated carbocycles. The zero-order chi connectivity index (χ0) is 21.1. The van der Waals surface area contributed by atoms with Crippen molar-refractivity contribution in [1.29, 1.82) is 0 Å². The molecule has 0 radical (unpaired) electrons. The number of nitrogens with two attached hydrogens (primary N) is 1. The van der Waals surface area contributed by atoms with Crippen molar-refractivity contribution in [1.82, 2.24) is 30.7 Å². The Balaban J connectivity index is 1.79. The predicted molar refractivity (Wildman–Crippen MR) is 94.7 cm³/mol. The highest BCUT2D eigenvalue weighted by molar-refractivity contribution is 5.94. The number of nitrogens with one attached hydrogen (secondary N) is 1. The molecule has 0 aliphatic carbocycles. The van der Waals surface area contributed by atoms with Crippen LogP contribution >= 0.6 is 0 Å². The first-order valence-corrected chi connectivity index (χ1v) is 7.73. The number of rotatable bonds is 6. The molecule has 15 heteroatoms. The molecule has 0 saturated heterocycles. The van der Waals surface area contributed by atoms with Crippen LogP contribution in [-0.4, -0.2) is 54.6 Å². The summed E-state index contributed by atoms with van der Waals surface area (Å²) < 4.78 is 10.6. The lowest BCUT2D eigenvalue weighted by Crippen LogP contribution is -2.19. The number of phenolic OH excluding ortho intramolecular Hbond substituents is 1. The second-order valence-corrected chi connectivity index (χ2v) is 5.42. The van der Waals surface area contributed by atoms with E-state index < -0.39 is 22.3 Å². The molecule has 1 aromatic carbocycles. The van der Waals surface area contributed by atoms with E-state index in [0.717, 1.165) is 12.3 Å². The van der Waals surface area contributed by atoms with Crippen LogP contribution in [-0.2, 0) is 0 Å². The molecule has 0 unspecified atom stereocenters. The number of hydrazone groups is 1. The minimum Gasteiger partial charge on any atom is -0.499 e. The second-order valence-electron chi connectivity index (χ2n) is 5.42. The van der Waals surface area contributed by atoms with Crippen molar-refractivity contribution in [3.8, 4) is 17.3 Å². The van der Waals surface area contributed by atoms with Crippen LogP contribution < -0.4 is 15.9 Å². The number of aromatic nitrogens is 5.